The van der Waals surface area contributed by atoms with Crippen LogP contribution >= 0.6 is 7.82 Å². The van der Waals surface area contributed by atoms with E-state index in [1.807, 2.05) is 64.5 Å². The summed E-state index contributed by atoms with van der Waals surface area (Å²) in [4.78, 5) is 37.5. The van der Waals surface area contributed by atoms with Crippen LogP contribution in [0.25, 0.3) is 0 Å². The minimum Gasteiger partial charge on any atom is -0.756 e. The number of nitrogens with zero attached hydrogens (tertiary/aromatic N) is 1. The van der Waals surface area contributed by atoms with Gasteiger partial charge < -0.3 is 38.1 Å². The van der Waals surface area contributed by atoms with Crippen molar-refractivity contribution in [2.75, 3.05) is 47.5 Å². The minimum absolute atomic E-state index is 0.0372. The number of phosphoric ester groups is 1. The summed E-state index contributed by atoms with van der Waals surface area (Å²) in [6, 6.07) is 0. The quantitative estimate of drug-likeness (QED) is 0.0155. The van der Waals surface area contributed by atoms with E-state index >= 15 is 0 Å². The van der Waals surface area contributed by atoms with E-state index in [4.69, 9.17) is 18.5 Å². The van der Waals surface area contributed by atoms with Gasteiger partial charge in [-0.15, -0.1) is 0 Å². The molecule has 58 heavy (non-hydrogen) atoms. The normalized spacial score (nSPS) is 15.5. The molecule has 0 bridgehead atoms. The van der Waals surface area contributed by atoms with E-state index in [9.17, 15) is 29.3 Å². The monoisotopic (exact) mass is 836 g/mol. The highest BCUT2D eigenvalue weighted by Gasteiger charge is 2.21. The van der Waals surface area contributed by atoms with E-state index in [-0.39, 0.29) is 26.1 Å². The van der Waals surface area contributed by atoms with Crippen molar-refractivity contribution in [3.05, 3.63) is 85.1 Å². The van der Waals surface area contributed by atoms with Gasteiger partial charge in [-0.2, -0.15) is 0 Å². The number of ether oxygens (including phenoxy) is 2. The fraction of sp³-hybridized carbons (Fsp3) is 0.652. The van der Waals surface area contributed by atoms with E-state index < -0.39 is 44.7 Å². The molecule has 0 aromatic carbocycles. The van der Waals surface area contributed by atoms with Gasteiger partial charge in [-0.25, -0.2) is 0 Å². The molecule has 0 aliphatic heterocycles. The number of allylic oxidation sites excluding steroid dienone is 10. The number of quaternary nitrogens is 1. The van der Waals surface area contributed by atoms with Crippen molar-refractivity contribution in [1.82, 2.24) is 0 Å². The zero-order valence-corrected chi connectivity index (χ0v) is 37.3. The Morgan fingerprint density at radius 3 is 1.84 bits per heavy atom. The molecule has 1 unspecified atom stereocenters. The number of phosphoric acid groups is 1. The number of esters is 2. The van der Waals surface area contributed by atoms with Crippen LogP contribution in [-0.4, -0.2) is 92.5 Å². The maximum absolute atomic E-state index is 12.6. The number of carbonyl (C=O) groups is 2. The number of hydrogen-bond acceptors (Lipinski definition) is 10. The molecule has 0 aliphatic rings. The predicted octanol–water partition coefficient (Wildman–Crippen LogP) is 9.33. The summed E-state index contributed by atoms with van der Waals surface area (Å²) in [5.74, 6) is -1.02. The van der Waals surface area contributed by atoms with Gasteiger partial charge in [0.25, 0.3) is 7.82 Å². The average Bonchev–Trinajstić information content (AvgIpc) is 3.16. The topological polar surface area (TPSA) is 152 Å². The number of likely N-dealkylation sites (N-methyl/N-ethyl adjacent to an activating group) is 1. The molecule has 0 radical (unpaired) electrons. The summed E-state index contributed by atoms with van der Waals surface area (Å²) in [5.41, 5.74) is 0. The molecule has 0 rings (SSSR count). The summed E-state index contributed by atoms with van der Waals surface area (Å²) in [6.45, 7) is 3.77. The highest BCUT2D eigenvalue weighted by molar-refractivity contribution is 7.45. The lowest BCUT2D eigenvalue weighted by Crippen LogP contribution is -2.37. The van der Waals surface area contributed by atoms with Crippen molar-refractivity contribution < 1.29 is 52.3 Å². The molecule has 0 saturated heterocycles. The Balaban J connectivity index is 4.66. The van der Waals surface area contributed by atoms with Crippen LogP contribution in [-0.2, 0) is 32.7 Å². The smallest absolute Gasteiger partial charge is 0.306 e. The number of hydrogen-bond donors (Lipinski definition) is 2. The third-order valence-electron chi connectivity index (χ3n) is 8.58. The minimum atomic E-state index is -4.68. The lowest BCUT2D eigenvalue weighted by Gasteiger charge is -2.28. The second-order valence-corrected chi connectivity index (χ2v) is 16.8. The molecule has 2 N–H and O–H groups in total. The molecule has 0 aromatic heterocycles. The van der Waals surface area contributed by atoms with Crippen molar-refractivity contribution in [1.29, 1.82) is 0 Å². The molecule has 11 nitrogen and oxygen atoms in total. The van der Waals surface area contributed by atoms with E-state index in [2.05, 4.69) is 19.1 Å². The molecule has 0 aromatic rings. The Labute approximate surface area is 351 Å². The fourth-order valence-corrected chi connectivity index (χ4v) is 5.87. The molecular formula is C46H78NO10P. The van der Waals surface area contributed by atoms with Gasteiger partial charge in [-0.3, -0.25) is 14.2 Å². The summed E-state index contributed by atoms with van der Waals surface area (Å²) >= 11 is 0. The van der Waals surface area contributed by atoms with E-state index in [0.717, 1.165) is 44.9 Å². The Kier molecular flexibility index (Phi) is 35.3. The highest BCUT2D eigenvalue weighted by atomic mass is 31.2. The van der Waals surface area contributed by atoms with Crippen LogP contribution in [0, 0.1) is 0 Å². The number of unbranched alkanes of at least 4 members (excludes halogenated alkanes) is 9. The number of aliphatic hydroxyl groups excluding tert-OH is 2. The van der Waals surface area contributed by atoms with Crippen molar-refractivity contribution >= 4 is 19.8 Å². The fourth-order valence-electron chi connectivity index (χ4n) is 5.14. The molecule has 0 heterocycles. The van der Waals surface area contributed by atoms with Gasteiger partial charge in [-0.1, -0.05) is 137 Å². The van der Waals surface area contributed by atoms with Gasteiger partial charge in [0.15, 0.2) is 6.10 Å². The van der Waals surface area contributed by atoms with Crippen LogP contribution < -0.4 is 4.89 Å². The van der Waals surface area contributed by atoms with Crippen LogP contribution in [0.1, 0.15) is 129 Å². The molecule has 12 heteroatoms. The number of aliphatic hydroxyl groups is 2. The third-order valence-corrected chi connectivity index (χ3v) is 9.54. The summed E-state index contributed by atoms with van der Waals surface area (Å²) in [6.07, 6.45) is 39.8. The van der Waals surface area contributed by atoms with Gasteiger partial charge in [0.05, 0.1) is 40.0 Å². The molecule has 0 saturated carbocycles. The lowest BCUT2D eigenvalue weighted by atomic mass is 10.1. The van der Waals surface area contributed by atoms with Gasteiger partial charge in [0.2, 0.25) is 0 Å². The van der Waals surface area contributed by atoms with Gasteiger partial charge >= 0.3 is 11.9 Å². The Morgan fingerprint density at radius 2 is 1.22 bits per heavy atom. The molecule has 0 fully saturated rings. The summed E-state index contributed by atoms with van der Waals surface area (Å²) < 4.78 is 33.7. The standard InChI is InChI=1S/C46H78NO10P/c1-6-8-10-11-12-13-14-15-16-17-18-22-30-36-45(50)54-40-44(41-56-58(52,53)55-39-38-47(3,4)5)57-46(51)37-31-23-20-19-21-27-33-43(49)35-29-25-24-28-34-42(48)32-26-9-7-2/h9,13-14,20-21,23-29,34-35,42-44,48-49H,6-8,10-12,15-19,22,30-33,36-41H2,1-5H3/b14-13-,23-20-,25-24-,26-9-,27-21-,34-28+,35-29+/t42-,43+,44+/m0/s1. The van der Waals surface area contributed by atoms with Gasteiger partial charge in [-0.05, 0) is 64.2 Å². The van der Waals surface area contributed by atoms with Crippen LogP contribution in [0.2, 0.25) is 0 Å². The van der Waals surface area contributed by atoms with E-state index in [1.165, 1.54) is 25.7 Å². The third kappa shape index (κ3) is 39.9. The van der Waals surface area contributed by atoms with Crippen LogP contribution in [0.15, 0.2) is 85.1 Å². The Morgan fingerprint density at radius 1 is 0.655 bits per heavy atom. The van der Waals surface area contributed by atoms with Crippen molar-refractivity contribution in [2.45, 2.75) is 148 Å². The first-order chi connectivity index (χ1) is 27.8. The zero-order chi connectivity index (χ0) is 43.2. The first kappa shape index (κ1) is 55.1. The SMILES string of the molecule is CC/C=C\C[C@H](O)/C=C/C=C\C=C\[C@H](O)C/C=C\C/C=C\CCC(=O)O[C@H](COC(=O)CCCCCCC/C=C\CCCCCC)COP(=O)([O-])OCC[N+](C)(C)C. The first-order valence-corrected chi connectivity index (χ1v) is 23.0. The average molecular weight is 836 g/mol. The molecule has 0 spiro atoms. The van der Waals surface area contributed by atoms with Crippen molar-refractivity contribution in [3.63, 3.8) is 0 Å². The van der Waals surface area contributed by atoms with Crippen molar-refractivity contribution in [2.24, 2.45) is 0 Å². The zero-order valence-electron chi connectivity index (χ0n) is 36.4. The highest BCUT2D eigenvalue weighted by Crippen LogP contribution is 2.38. The van der Waals surface area contributed by atoms with Crippen LogP contribution in [0.3, 0.4) is 0 Å². The Bertz CT molecular complexity index is 1300. The summed E-state index contributed by atoms with van der Waals surface area (Å²) in [7, 11) is 1.03. The molecule has 0 amide bonds. The first-order valence-electron chi connectivity index (χ1n) is 21.5. The molecule has 332 valence electrons. The second kappa shape index (κ2) is 37.1. The van der Waals surface area contributed by atoms with Gasteiger partial charge in [0.1, 0.15) is 19.8 Å². The maximum atomic E-state index is 12.6. The molecule has 4 atom stereocenters. The predicted molar refractivity (Wildman–Crippen MR) is 234 cm³/mol. The number of carbonyl (C=O) groups excluding carboxylic acids is 2. The van der Waals surface area contributed by atoms with Crippen molar-refractivity contribution in [3.8, 4) is 0 Å². The summed E-state index contributed by atoms with van der Waals surface area (Å²) in [5, 5.41) is 20.0. The maximum Gasteiger partial charge on any atom is 0.306 e. The largest absolute Gasteiger partial charge is 0.756 e. The van der Waals surface area contributed by atoms with Crippen LogP contribution in [0.5, 0.6) is 0 Å². The van der Waals surface area contributed by atoms with Gasteiger partial charge in [0, 0.05) is 12.8 Å². The molecule has 0 aliphatic carbocycles. The molecular weight excluding hydrogens is 757 g/mol. The Hall–Kier alpha value is -2.89. The van der Waals surface area contributed by atoms with Crippen LogP contribution in [0.4, 0.5) is 0 Å². The van der Waals surface area contributed by atoms with E-state index in [0.29, 0.717) is 43.1 Å². The number of rotatable bonds is 37. The van der Waals surface area contributed by atoms with E-state index in [1.54, 1.807) is 36.5 Å². The lowest BCUT2D eigenvalue weighted by molar-refractivity contribution is -0.870. The second-order valence-electron chi connectivity index (χ2n) is 15.4.